The molecule has 0 saturated carbocycles. The van der Waals surface area contributed by atoms with Crippen molar-refractivity contribution in [3.8, 4) is 0 Å². The summed E-state index contributed by atoms with van der Waals surface area (Å²) in [7, 11) is 0. The maximum atomic E-state index is 12.3. The Bertz CT molecular complexity index is 725. The number of hydrogen-bond acceptors (Lipinski definition) is 2. The van der Waals surface area contributed by atoms with Crippen molar-refractivity contribution in [2.45, 2.75) is 45.8 Å². The molecule has 1 aromatic carbocycles. The zero-order valence-electron chi connectivity index (χ0n) is 12.9. The quantitative estimate of drug-likeness (QED) is 0.878. The zero-order valence-corrected chi connectivity index (χ0v) is 12.9. The first-order chi connectivity index (χ1) is 10.1. The number of nitrogens with zero attached hydrogens (tertiary/aromatic N) is 2. The Kier molecular flexibility index (Phi) is 3.72. The highest BCUT2D eigenvalue weighted by atomic mass is 16.1. The van der Waals surface area contributed by atoms with Gasteiger partial charge in [-0.25, -0.2) is 4.79 Å². The van der Waals surface area contributed by atoms with E-state index in [0.717, 1.165) is 43.5 Å². The van der Waals surface area contributed by atoms with Crippen LogP contribution in [0.4, 0.5) is 0 Å². The predicted molar refractivity (Wildman–Crippen MR) is 86.5 cm³/mol. The van der Waals surface area contributed by atoms with Crippen LogP contribution >= 0.6 is 0 Å². The number of aromatic amines is 1. The number of aromatic nitrogens is 2. The number of para-hydroxylation sites is 1. The van der Waals surface area contributed by atoms with Gasteiger partial charge < -0.3 is 4.98 Å². The normalized spacial score (nSPS) is 18.9. The summed E-state index contributed by atoms with van der Waals surface area (Å²) in [5, 5.41) is 0. The Hall–Kier alpha value is -1.81. The van der Waals surface area contributed by atoms with E-state index in [9.17, 15) is 4.79 Å². The van der Waals surface area contributed by atoms with E-state index in [1.165, 1.54) is 11.1 Å². The monoisotopic (exact) mass is 285 g/mol. The van der Waals surface area contributed by atoms with Crippen molar-refractivity contribution in [1.29, 1.82) is 0 Å². The molecule has 4 heteroatoms. The van der Waals surface area contributed by atoms with Gasteiger partial charge in [0, 0.05) is 25.7 Å². The molecule has 2 aromatic rings. The molecule has 1 aliphatic rings. The number of H-pyrrole nitrogens is 1. The van der Waals surface area contributed by atoms with Gasteiger partial charge in [0.25, 0.3) is 0 Å². The van der Waals surface area contributed by atoms with Crippen LogP contribution < -0.4 is 5.69 Å². The Morgan fingerprint density at radius 3 is 3.00 bits per heavy atom. The second-order valence-electron chi connectivity index (χ2n) is 6.16. The van der Waals surface area contributed by atoms with Crippen molar-refractivity contribution >= 4 is 11.0 Å². The van der Waals surface area contributed by atoms with Crippen LogP contribution in [0.1, 0.15) is 32.3 Å². The van der Waals surface area contributed by atoms with Gasteiger partial charge in [0.15, 0.2) is 0 Å². The van der Waals surface area contributed by atoms with E-state index < -0.39 is 0 Å². The van der Waals surface area contributed by atoms with Gasteiger partial charge >= 0.3 is 5.69 Å². The van der Waals surface area contributed by atoms with E-state index in [1.807, 2.05) is 16.7 Å². The Labute approximate surface area is 125 Å². The summed E-state index contributed by atoms with van der Waals surface area (Å²) in [6, 6.07) is 6.53. The van der Waals surface area contributed by atoms with E-state index in [2.05, 4.69) is 36.4 Å². The lowest BCUT2D eigenvalue weighted by molar-refractivity contribution is 0.180. The van der Waals surface area contributed by atoms with Gasteiger partial charge in [0.05, 0.1) is 11.0 Å². The maximum Gasteiger partial charge on any atom is 0.326 e. The van der Waals surface area contributed by atoms with Gasteiger partial charge in [-0.15, -0.1) is 0 Å². The van der Waals surface area contributed by atoms with E-state index in [0.29, 0.717) is 6.04 Å². The van der Waals surface area contributed by atoms with Gasteiger partial charge in [0.2, 0.25) is 0 Å². The summed E-state index contributed by atoms with van der Waals surface area (Å²) in [5.74, 6) is 0. The Morgan fingerprint density at radius 2 is 2.29 bits per heavy atom. The predicted octanol–water partition coefficient (Wildman–Crippen LogP) is 2.89. The molecule has 1 atom stereocenters. The third kappa shape index (κ3) is 2.56. The molecule has 4 nitrogen and oxygen atoms in total. The van der Waals surface area contributed by atoms with Crippen LogP contribution in [0.15, 0.2) is 35.1 Å². The average molecular weight is 285 g/mol. The molecule has 0 radical (unpaired) electrons. The van der Waals surface area contributed by atoms with Crippen LogP contribution in [-0.4, -0.2) is 27.0 Å². The van der Waals surface area contributed by atoms with Crippen molar-refractivity contribution < 1.29 is 0 Å². The molecule has 2 heterocycles. The molecule has 0 fully saturated rings. The molecule has 0 aliphatic carbocycles. The molecule has 1 N–H and O–H groups in total. The molecule has 112 valence electrons. The van der Waals surface area contributed by atoms with Crippen molar-refractivity contribution in [2.24, 2.45) is 0 Å². The highest BCUT2D eigenvalue weighted by Crippen LogP contribution is 2.25. The van der Waals surface area contributed by atoms with E-state index in [4.69, 9.17) is 0 Å². The Balaban J connectivity index is 2.09. The van der Waals surface area contributed by atoms with Crippen molar-refractivity contribution in [1.82, 2.24) is 14.5 Å². The second-order valence-corrected chi connectivity index (χ2v) is 6.16. The fraction of sp³-hybridized carbons (Fsp3) is 0.471. The molecule has 1 unspecified atom stereocenters. The van der Waals surface area contributed by atoms with Gasteiger partial charge in [-0.2, -0.15) is 0 Å². The summed E-state index contributed by atoms with van der Waals surface area (Å²) in [4.78, 5) is 17.7. The summed E-state index contributed by atoms with van der Waals surface area (Å²) in [5.41, 5.74) is 4.43. The number of rotatable bonds is 4. The van der Waals surface area contributed by atoms with E-state index in [-0.39, 0.29) is 5.69 Å². The van der Waals surface area contributed by atoms with Crippen LogP contribution in [0.25, 0.3) is 11.0 Å². The minimum absolute atomic E-state index is 0.00993. The van der Waals surface area contributed by atoms with Crippen molar-refractivity contribution in [2.75, 3.05) is 6.54 Å². The Morgan fingerprint density at radius 1 is 1.48 bits per heavy atom. The third-order valence-corrected chi connectivity index (χ3v) is 4.25. The molecule has 0 saturated heterocycles. The molecule has 21 heavy (non-hydrogen) atoms. The van der Waals surface area contributed by atoms with Crippen molar-refractivity contribution in [3.05, 3.63) is 46.4 Å². The molecule has 0 amide bonds. The summed E-state index contributed by atoms with van der Waals surface area (Å²) in [6.07, 6.45) is 2.22. The molecule has 3 rings (SSSR count). The van der Waals surface area contributed by atoms with Crippen LogP contribution in [0.5, 0.6) is 0 Å². The standard InChI is InChI=1S/C17H23N3O/c1-4-6-14-11-20-16-13(10-19(14)9-12(2)3)7-5-8-15(16)18-17(20)21/h5,7-8,14H,2,4,6,9-11H2,1,3H3,(H,18,21). The summed E-state index contributed by atoms with van der Waals surface area (Å²) < 4.78 is 1.92. The average Bonchev–Trinajstić information content (AvgIpc) is 2.64. The topological polar surface area (TPSA) is 41.0 Å². The molecular formula is C17H23N3O. The highest BCUT2D eigenvalue weighted by molar-refractivity contribution is 5.79. The fourth-order valence-electron chi connectivity index (χ4n) is 3.41. The molecule has 0 bridgehead atoms. The molecule has 1 aromatic heterocycles. The number of hydrogen-bond donors (Lipinski definition) is 1. The number of benzene rings is 1. The molecular weight excluding hydrogens is 262 g/mol. The van der Waals surface area contributed by atoms with Crippen LogP contribution in [0, 0.1) is 0 Å². The summed E-state index contributed by atoms with van der Waals surface area (Å²) in [6.45, 7) is 10.9. The third-order valence-electron chi connectivity index (χ3n) is 4.25. The van der Waals surface area contributed by atoms with E-state index in [1.54, 1.807) is 0 Å². The van der Waals surface area contributed by atoms with Crippen molar-refractivity contribution in [3.63, 3.8) is 0 Å². The van der Waals surface area contributed by atoms with Crippen LogP contribution in [0.2, 0.25) is 0 Å². The van der Waals surface area contributed by atoms with Crippen LogP contribution in [0.3, 0.4) is 0 Å². The first-order valence-corrected chi connectivity index (χ1v) is 7.69. The first-order valence-electron chi connectivity index (χ1n) is 7.69. The fourth-order valence-corrected chi connectivity index (χ4v) is 3.41. The lowest BCUT2D eigenvalue weighted by Crippen LogP contribution is -2.38. The van der Waals surface area contributed by atoms with Gasteiger partial charge in [0.1, 0.15) is 0 Å². The first kappa shape index (κ1) is 14.1. The molecule has 1 aliphatic heterocycles. The number of imidazole rings is 1. The zero-order chi connectivity index (χ0) is 15.0. The maximum absolute atomic E-state index is 12.3. The van der Waals surface area contributed by atoms with Crippen LogP contribution in [-0.2, 0) is 13.1 Å². The second kappa shape index (κ2) is 5.53. The smallest absolute Gasteiger partial charge is 0.306 e. The lowest BCUT2D eigenvalue weighted by Gasteiger charge is -2.30. The SMILES string of the molecule is C=C(C)CN1Cc2cccc3[nH]c(=O)n(c23)CC1CCC. The van der Waals surface area contributed by atoms with Gasteiger partial charge in [-0.05, 0) is 25.0 Å². The summed E-state index contributed by atoms with van der Waals surface area (Å²) >= 11 is 0. The minimum Gasteiger partial charge on any atom is -0.306 e. The molecule has 0 spiro atoms. The highest BCUT2D eigenvalue weighted by Gasteiger charge is 2.25. The largest absolute Gasteiger partial charge is 0.326 e. The number of nitrogens with one attached hydrogen (secondary N) is 1. The lowest BCUT2D eigenvalue weighted by atomic mass is 10.1. The van der Waals surface area contributed by atoms with E-state index >= 15 is 0 Å². The van der Waals surface area contributed by atoms with Gasteiger partial charge in [-0.1, -0.05) is 37.6 Å². The minimum atomic E-state index is 0.00993. The van der Waals surface area contributed by atoms with Gasteiger partial charge in [-0.3, -0.25) is 9.47 Å².